The third-order valence-electron chi connectivity index (χ3n) is 5.07. The number of aliphatic hydroxyl groups excluding tert-OH is 1. The Hall–Kier alpha value is -2.13. The zero-order valence-corrected chi connectivity index (χ0v) is 19.7. The summed E-state index contributed by atoms with van der Waals surface area (Å²) >= 11 is 0. The molecule has 8 heteroatoms. The lowest BCUT2D eigenvalue weighted by molar-refractivity contribution is 0.0263. The summed E-state index contributed by atoms with van der Waals surface area (Å²) in [6.45, 7) is 7.69. The Labute approximate surface area is 191 Å². The molecule has 0 saturated carbocycles. The van der Waals surface area contributed by atoms with Crippen LogP contribution in [0.25, 0.3) is 11.1 Å². The van der Waals surface area contributed by atoms with Crippen LogP contribution in [0.4, 0.5) is 0 Å². The molecule has 0 saturated heterocycles. The smallest absolute Gasteiger partial charge is 0.455 e. The monoisotopic (exact) mass is 445 g/mol. The van der Waals surface area contributed by atoms with E-state index in [-0.39, 0.29) is 24.9 Å². The number of hydrogen-bond donors (Lipinski definition) is 3. The topological polar surface area (TPSA) is 101 Å². The highest BCUT2D eigenvalue weighted by atomic mass is 16.5. The molecule has 0 spiro atoms. The van der Waals surface area contributed by atoms with E-state index >= 15 is 0 Å². The first-order chi connectivity index (χ1) is 15.2. The molecule has 32 heavy (non-hydrogen) atoms. The number of methoxy groups -OCH3 is 1. The van der Waals surface area contributed by atoms with Crippen molar-refractivity contribution < 1.29 is 29.4 Å². The minimum Gasteiger partial charge on any atom is -0.493 e. The van der Waals surface area contributed by atoms with Crippen molar-refractivity contribution in [1.82, 2.24) is 4.98 Å². The van der Waals surface area contributed by atoms with Gasteiger partial charge in [-0.1, -0.05) is 13.0 Å². The van der Waals surface area contributed by atoms with E-state index in [4.69, 9.17) is 14.1 Å². The highest BCUT2D eigenvalue weighted by Gasteiger charge is 2.26. The van der Waals surface area contributed by atoms with Crippen LogP contribution in [0.1, 0.15) is 52.0 Å². The Kier molecular flexibility index (Phi) is 9.97. The second-order valence-corrected chi connectivity index (χ2v) is 8.75. The molecule has 1 aromatic heterocycles. The van der Waals surface area contributed by atoms with E-state index in [1.54, 1.807) is 40.3 Å². The summed E-state index contributed by atoms with van der Waals surface area (Å²) in [5.74, 6) is 0.987. The van der Waals surface area contributed by atoms with E-state index in [1.165, 1.54) is 0 Å². The average Bonchev–Trinajstić information content (AvgIpc) is 2.74. The molecule has 2 rings (SSSR count). The molecular weight excluding hydrogens is 409 g/mol. The Morgan fingerprint density at radius 2 is 1.88 bits per heavy atom. The van der Waals surface area contributed by atoms with Gasteiger partial charge in [-0.15, -0.1) is 0 Å². The molecule has 0 amide bonds. The number of hydrogen-bond acceptors (Lipinski definition) is 7. The second-order valence-electron chi connectivity index (χ2n) is 8.75. The maximum Gasteiger partial charge on any atom is 0.455 e. The fourth-order valence-corrected chi connectivity index (χ4v) is 3.65. The Bertz CT molecular complexity index is 841. The van der Waals surface area contributed by atoms with Gasteiger partial charge < -0.3 is 29.4 Å². The van der Waals surface area contributed by atoms with Crippen molar-refractivity contribution in [3.63, 3.8) is 0 Å². The van der Waals surface area contributed by atoms with Crippen molar-refractivity contribution in [1.29, 1.82) is 0 Å². The van der Waals surface area contributed by atoms with Gasteiger partial charge in [0.25, 0.3) is 0 Å². The maximum absolute atomic E-state index is 10.4. The van der Waals surface area contributed by atoms with Crippen LogP contribution in [-0.4, -0.2) is 59.4 Å². The van der Waals surface area contributed by atoms with Crippen LogP contribution in [-0.2, 0) is 4.65 Å². The molecular formula is C24H36BNO6. The largest absolute Gasteiger partial charge is 0.493 e. The molecule has 0 aliphatic carbocycles. The summed E-state index contributed by atoms with van der Waals surface area (Å²) in [5, 5.41) is 30.2. The van der Waals surface area contributed by atoms with Crippen molar-refractivity contribution >= 4 is 7.12 Å². The lowest BCUT2D eigenvalue weighted by atomic mass is 9.75. The maximum atomic E-state index is 10.4. The lowest BCUT2D eigenvalue weighted by Gasteiger charge is -2.25. The molecule has 2 aromatic rings. The van der Waals surface area contributed by atoms with Crippen LogP contribution in [0.3, 0.4) is 0 Å². The van der Waals surface area contributed by atoms with Crippen LogP contribution in [0, 0.1) is 0 Å². The van der Waals surface area contributed by atoms with Crippen LogP contribution >= 0.6 is 0 Å². The molecule has 0 aliphatic rings. The highest BCUT2D eigenvalue weighted by Crippen LogP contribution is 2.34. The summed E-state index contributed by atoms with van der Waals surface area (Å²) in [4.78, 5) is 4.34. The Morgan fingerprint density at radius 3 is 2.50 bits per heavy atom. The van der Waals surface area contributed by atoms with Crippen LogP contribution < -0.4 is 9.47 Å². The molecule has 0 fully saturated rings. The van der Waals surface area contributed by atoms with Gasteiger partial charge in [0, 0.05) is 36.6 Å². The van der Waals surface area contributed by atoms with Gasteiger partial charge in [-0.2, -0.15) is 0 Å². The van der Waals surface area contributed by atoms with E-state index < -0.39 is 12.7 Å². The minimum atomic E-state index is -1.07. The zero-order valence-electron chi connectivity index (χ0n) is 19.7. The summed E-state index contributed by atoms with van der Waals surface area (Å²) in [6.07, 6.45) is 4.61. The number of ether oxygens (including phenoxy) is 2. The number of aromatic nitrogens is 1. The molecule has 1 aromatic carbocycles. The van der Waals surface area contributed by atoms with Crippen molar-refractivity contribution in [3.8, 4) is 22.6 Å². The van der Waals surface area contributed by atoms with Crippen molar-refractivity contribution in [3.05, 3.63) is 42.2 Å². The number of rotatable bonds is 13. The number of pyridine rings is 1. The second kappa shape index (κ2) is 12.2. The van der Waals surface area contributed by atoms with Crippen LogP contribution in [0.2, 0.25) is 6.32 Å². The van der Waals surface area contributed by atoms with Gasteiger partial charge in [-0.05, 0) is 69.3 Å². The van der Waals surface area contributed by atoms with E-state index in [0.29, 0.717) is 24.5 Å². The molecule has 1 heterocycles. The van der Waals surface area contributed by atoms with E-state index in [0.717, 1.165) is 23.1 Å². The summed E-state index contributed by atoms with van der Waals surface area (Å²) in [6, 6.07) is 7.66. The van der Waals surface area contributed by atoms with E-state index in [9.17, 15) is 15.2 Å². The number of nitrogens with zero attached hydrogens (tertiary/aromatic N) is 1. The zero-order chi connectivity index (χ0) is 23.7. The summed E-state index contributed by atoms with van der Waals surface area (Å²) < 4.78 is 16.8. The molecule has 2 atom stereocenters. The number of aliphatic hydroxyl groups is 2. The Balaban J connectivity index is 2.16. The predicted molar refractivity (Wildman–Crippen MR) is 126 cm³/mol. The normalized spacial score (nSPS) is 13.5. The molecule has 0 aliphatic heterocycles. The molecule has 0 radical (unpaired) electrons. The van der Waals surface area contributed by atoms with Crippen LogP contribution in [0.15, 0.2) is 36.7 Å². The van der Waals surface area contributed by atoms with Gasteiger partial charge in [0.05, 0.1) is 19.3 Å². The van der Waals surface area contributed by atoms with Gasteiger partial charge in [-0.25, -0.2) is 0 Å². The lowest BCUT2D eigenvalue weighted by Crippen LogP contribution is -2.32. The van der Waals surface area contributed by atoms with Gasteiger partial charge >= 0.3 is 7.12 Å². The first-order valence-corrected chi connectivity index (χ1v) is 11.1. The van der Waals surface area contributed by atoms with Crippen LogP contribution in [0.5, 0.6) is 11.5 Å². The average molecular weight is 445 g/mol. The van der Waals surface area contributed by atoms with E-state index in [2.05, 4.69) is 4.98 Å². The van der Waals surface area contributed by atoms with Gasteiger partial charge in [-0.3, -0.25) is 4.98 Å². The third-order valence-corrected chi connectivity index (χ3v) is 5.07. The minimum absolute atomic E-state index is 0.154. The molecule has 0 bridgehead atoms. The third kappa shape index (κ3) is 8.09. The predicted octanol–water partition coefficient (Wildman–Crippen LogP) is 3.67. The summed E-state index contributed by atoms with van der Waals surface area (Å²) in [5.41, 5.74) is 1.70. The first kappa shape index (κ1) is 26.1. The molecule has 1 unspecified atom stereocenters. The number of benzene rings is 1. The van der Waals surface area contributed by atoms with Crippen molar-refractivity contribution in [2.45, 2.75) is 64.5 Å². The highest BCUT2D eigenvalue weighted by molar-refractivity contribution is 6.43. The fourth-order valence-electron chi connectivity index (χ4n) is 3.65. The summed E-state index contributed by atoms with van der Waals surface area (Å²) in [7, 11) is 0.542. The standard InChI is InChI=1S/C24H36BNO6/c1-6-9-31-23-11-18(7-8-22(23)30-5)19-10-20(15-26-14-19)21(16-27)13-25(29)32-17(2)12-24(3,4)28/h7-8,10-11,14-15,17,21,27-29H,6,9,12-13,16H2,1-5H3/t17?,21-/m1/s1. The van der Waals surface area contributed by atoms with Crippen molar-refractivity contribution in [2.75, 3.05) is 20.3 Å². The SMILES string of the molecule is CCCOc1cc(-c2cncc([C@@H](CO)CB(O)OC(C)CC(C)(C)O)c2)ccc1OC. The van der Waals surface area contributed by atoms with Gasteiger partial charge in [0.2, 0.25) is 0 Å². The molecule has 7 nitrogen and oxygen atoms in total. The van der Waals surface area contributed by atoms with Crippen molar-refractivity contribution in [2.24, 2.45) is 0 Å². The van der Waals surface area contributed by atoms with Gasteiger partial charge in [0.1, 0.15) is 0 Å². The van der Waals surface area contributed by atoms with Gasteiger partial charge in [0.15, 0.2) is 11.5 Å². The first-order valence-electron chi connectivity index (χ1n) is 11.1. The Morgan fingerprint density at radius 1 is 1.12 bits per heavy atom. The van der Waals surface area contributed by atoms with E-state index in [1.807, 2.05) is 31.2 Å². The quantitative estimate of drug-likeness (QED) is 0.405. The molecule has 3 N–H and O–H groups in total. The molecule has 176 valence electrons. The fraction of sp³-hybridized carbons (Fsp3) is 0.542.